The van der Waals surface area contributed by atoms with Crippen LogP contribution in [-0.2, 0) is 22.4 Å². The maximum Gasteiger partial charge on any atom is 0.319 e. The molecule has 7 rings (SSSR count). The van der Waals surface area contributed by atoms with E-state index in [0.29, 0.717) is 23.3 Å². The van der Waals surface area contributed by atoms with Crippen LogP contribution in [0.3, 0.4) is 0 Å². The zero-order chi connectivity index (χ0) is 38.7. The Hall–Kier alpha value is -3.43. The van der Waals surface area contributed by atoms with Gasteiger partial charge in [0.15, 0.2) is 11.5 Å². The van der Waals surface area contributed by atoms with E-state index in [2.05, 4.69) is 168 Å². The molecule has 1 heterocycles. The Labute approximate surface area is 346 Å². The topological polar surface area (TPSA) is 41.5 Å². The summed E-state index contributed by atoms with van der Waals surface area (Å²) in [5.74, 6) is 3.10. The zero-order valence-corrected chi connectivity index (χ0v) is 37.1. The van der Waals surface area contributed by atoms with Gasteiger partial charge in [0, 0.05) is 44.6 Å². The predicted molar refractivity (Wildman–Crippen MR) is 232 cm³/mol. The predicted octanol–water partition coefficient (Wildman–Crippen LogP) is 14.8. The summed E-state index contributed by atoms with van der Waals surface area (Å²) in [6.07, 6.45) is 0. The van der Waals surface area contributed by atoms with Crippen LogP contribution in [-0.4, -0.2) is 0 Å². The van der Waals surface area contributed by atoms with Crippen molar-refractivity contribution in [2.24, 2.45) is 0 Å². The first-order valence-corrected chi connectivity index (χ1v) is 21.3. The summed E-state index contributed by atoms with van der Waals surface area (Å²) in [6, 6.07) is 31.2. The monoisotopic (exact) mass is 843 g/mol. The third-order valence-electron chi connectivity index (χ3n) is 11.4. The molecular formula is C50H57AgO3P. The molecule has 291 valence electrons. The second-order valence-electron chi connectivity index (χ2n) is 17.2. The maximum atomic E-state index is 14.6. The van der Waals surface area contributed by atoms with Crippen LogP contribution in [0, 0.1) is 0 Å². The molecule has 0 amide bonds. The van der Waals surface area contributed by atoms with Gasteiger partial charge in [-0.15, -0.1) is 0 Å². The molecule has 1 aliphatic rings. The van der Waals surface area contributed by atoms with Gasteiger partial charge in [-0.2, -0.15) is 0 Å². The molecule has 0 N–H and O–H groups in total. The van der Waals surface area contributed by atoms with Crippen molar-refractivity contribution in [1.82, 2.24) is 0 Å². The van der Waals surface area contributed by atoms with Gasteiger partial charge in [0.1, 0.15) is 0 Å². The first kappa shape index (κ1) is 41.2. The van der Waals surface area contributed by atoms with Gasteiger partial charge in [0.05, 0.1) is 0 Å². The average molecular weight is 845 g/mol. The molecule has 0 saturated heterocycles. The van der Waals surface area contributed by atoms with Gasteiger partial charge in [-0.1, -0.05) is 156 Å². The molecule has 1 radical (unpaired) electrons. The summed E-state index contributed by atoms with van der Waals surface area (Å²) < 4.78 is 13.5. The number of benzene rings is 6. The van der Waals surface area contributed by atoms with Crippen LogP contribution >= 0.6 is 8.60 Å². The maximum absolute atomic E-state index is 14.6. The molecular weight excluding hydrogens is 787 g/mol. The molecule has 1 aliphatic heterocycles. The summed E-state index contributed by atoms with van der Waals surface area (Å²) in [5, 5.41) is 4.33. The Morgan fingerprint density at radius 3 is 1.02 bits per heavy atom. The fraction of sp³-hybridized carbons (Fsp3) is 0.360. The number of hydrogen-bond acceptors (Lipinski definition) is 3. The Morgan fingerprint density at radius 2 is 0.727 bits per heavy atom. The van der Waals surface area contributed by atoms with E-state index in [4.69, 9.17) is 9.05 Å². The van der Waals surface area contributed by atoms with Crippen LogP contribution in [0.2, 0.25) is 0 Å². The van der Waals surface area contributed by atoms with Crippen molar-refractivity contribution in [3.63, 3.8) is 0 Å². The molecule has 0 unspecified atom stereocenters. The van der Waals surface area contributed by atoms with Crippen LogP contribution in [0.4, 0.5) is 0 Å². The minimum atomic E-state index is -3.07. The van der Waals surface area contributed by atoms with Crippen LogP contribution in [0.15, 0.2) is 84.9 Å². The van der Waals surface area contributed by atoms with Crippen molar-refractivity contribution >= 4 is 30.1 Å². The van der Waals surface area contributed by atoms with Crippen molar-refractivity contribution in [3.8, 4) is 44.9 Å². The summed E-state index contributed by atoms with van der Waals surface area (Å²) in [4.78, 5) is 14.6. The average Bonchev–Trinajstić information content (AvgIpc) is 3.29. The number of fused-ring (bicyclic) bond motifs is 7. The van der Waals surface area contributed by atoms with Crippen LogP contribution in [0.25, 0.3) is 54.9 Å². The molecule has 0 fully saturated rings. The van der Waals surface area contributed by atoms with E-state index < -0.39 is 8.60 Å². The molecule has 0 atom stereocenters. The van der Waals surface area contributed by atoms with Crippen LogP contribution in [0.5, 0.6) is 11.5 Å². The molecule has 55 heavy (non-hydrogen) atoms. The molecule has 6 aromatic carbocycles. The van der Waals surface area contributed by atoms with E-state index in [9.17, 15) is 4.89 Å². The second kappa shape index (κ2) is 16.2. The van der Waals surface area contributed by atoms with E-state index in [1.54, 1.807) is 0 Å². The smallest absolute Gasteiger partial charge is 0.319 e. The van der Waals surface area contributed by atoms with Gasteiger partial charge < -0.3 is 13.9 Å². The second-order valence-corrected chi connectivity index (χ2v) is 18.1. The Morgan fingerprint density at radius 1 is 0.418 bits per heavy atom. The van der Waals surface area contributed by atoms with Gasteiger partial charge >= 0.3 is 8.60 Å². The zero-order valence-electron chi connectivity index (χ0n) is 34.6. The minimum absolute atomic E-state index is 0. The molecule has 0 bridgehead atoms. The van der Waals surface area contributed by atoms with Crippen LogP contribution < -0.4 is 13.9 Å². The summed E-state index contributed by atoms with van der Waals surface area (Å²) >= 11 is 0. The van der Waals surface area contributed by atoms with E-state index >= 15 is 0 Å². The van der Waals surface area contributed by atoms with Crippen molar-refractivity contribution < 1.29 is 36.3 Å². The van der Waals surface area contributed by atoms with Gasteiger partial charge in [-0.25, -0.2) is 0 Å². The Bertz CT molecular complexity index is 2160. The normalized spacial score (nSPS) is 13.1. The van der Waals surface area contributed by atoms with Gasteiger partial charge in [-0.3, -0.25) is 0 Å². The number of rotatable bonds is 8. The number of hydrogen-bond donors (Lipinski definition) is 0. The SMILES string of the molecule is CC(C)c1cc(C(C)C)c(-c2cc3ccccc3c3c2O[PH+]([O-])Oc2c(-c4c(C(C)C)cc(C(C)C)cc4C(C)C)cc4ccccc4c2-3)c(C(C)C)c1.[Ag]. The first-order chi connectivity index (χ1) is 25.7. The molecule has 3 nitrogen and oxygen atoms in total. The van der Waals surface area contributed by atoms with Gasteiger partial charge in [0.25, 0.3) is 0 Å². The van der Waals surface area contributed by atoms with Crippen molar-refractivity contribution in [2.75, 3.05) is 0 Å². The molecule has 6 aromatic rings. The minimum Gasteiger partial charge on any atom is -0.618 e. The Balaban J connectivity index is 0.00000514. The molecule has 5 heteroatoms. The van der Waals surface area contributed by atoms with Crippen molar-refractivity contribution in [2.45, 2.75) is 119 Å². The molecule has 0 aliphatic carbocycles. The van der Waals surface area contributed by atoms with Crippen LogP contribution in [0.1, 0.15) is 152 Å². The van der Waals surface area contributed by atoms with Gasteiger partial charge in [0.2, 0.25) is 0 Å². The fourth-order valence-corrected chi connectivity index (χ4v) is 9.26. The summed E-state index contributed by atoms with van der Waals surface area (Å²) in [5.41, 5.74) is 14.0. The van der Waals surface area contributed by atoms with Gasteiger partial charge in [-0.05, 0) is 114 Å². The summed E-state index contributed by atoms with van der Waals surface area (Å²) in [7, 11) is -3.07. The largest absolute Gasteiger partial charge is 0.618 e. The molecule has 0 aromatic heterocycles. The fourth-order valence-electron chi connectivity index (χ4n) is 8.46. The summed E-state index contributed by atoms with van der Waals surface area (Å²) in [6.45, 7) is 27.3. The first-order valence-electron chi connectivity index (χ1n) is 20.0. The molecule has 0 saturated carbocycles. The Kier molecular flexibility index (Phi) is 12.1. The standard InChI is InChI=1S/C50H57O3P.Ag/c1-27(2)35-23-39(29(5)6)45(40(24-35)30(7)8)43-21-33-17-13-15-19-37(33)47-48-38-20-16-14-18-34(38)22-44(50(48)53-54(51)52-49(43)47)46-41(31(9)10)25-36(28(3)4)26-42(46)32(11)12;/h13-32,54H,1-12H3;. The quantitative estimate of drug-likeness (QED) is 0.113. The van der Waals surface area contributed by atoms with E-state index in [-0.39, 0.29) is 46.1 Å². The third-order valence-corrected chi connectivity index (χ3v) is 12.2. The van der Waals surface area contributed by atoms with Crippen molar-refractivity contribution in [1.29, 1.82) is 0 Å². The van der Waals surface area contributed by atoms with Crippen molar-refractivity contribution in [3.05, 3.63) is 118 Å². The van der Waals surface area contributed by atoms with E-state index in [1.807, 2.05) is 0 Å². The van der Waals surface area contributed by atoms with E-state index in [1.165, 1.54) is 44.5 Å². The third kappa shape index (κ3) is 7.45. The van der Waals surface area contributed by atoms with E-state index in [0.717, 1.165) is 43.8 Å². The molecule has 0 spiro atoms.